The lowest BCUT2D eigenvalue weighted by molar-refractivity contribution is 0.0999. The Kier molecular flexibility index (Phi) is 6.20. The lowest BCUT2D eigenvalue weighted by Crippen LogP contribution is -2.29. The molecule has 2 amide bonds. The number of carbonyl (C=O) groups excluding carboxylic acids is 2. The second kappa shape index (κ2) is 9.21. The smallest absolute Gasteiger partial charge is 0.257 e. The van der Waals surface area contributed by atoms with Crippen LogP contribution in [0.25, 0.3) is 22.4 Å². The number of rotatable bonds is 6. The Morgan fingerprint density at radius 1 is 1.22 bits per heavy atom. The molecule has 3 aromatic heterocycles. The molecule has 5 rings (SSSR count). The molecule has 36 heavy (non-hydrogen) atoms. The minimum atomic E-state index is -0.498. The molecule has 3 heterocycles. The summed E-state index contributed by atoms with van der Waals surface area (Å²) in [4.78, 5) is 32.0. The van der Waals surface area contributed by atoms with Crippen LogP contribution >= 0.6 is 11.3 Å². The van der Waals surface area contributed by atoms with Crippen molar-refractivity contribution in [3.05, 3.63) is 69.8 Å². The van der Waals surface area contributed by atoms with Crippen molar-refractivity contribution < 1.29 is 14.0 Å². The number of nitrogens with zero attached hydrogens (tertiary/aromatic N) is 1. The van der Waals surface area contributed by atoms with Gasteiger partial charge in [-0.05, 0) is 67.3 Å². The summed E-state index contributed by atoms with van der Waals surface area (Å²) in [5, 5.41) is 4.29. The number of para-hydroxylation sites is 1. The highest BCUT2D eigenvalue weighted by Crippen LogP contribution is 2.45. The van der Waals surface area contributed by atoms with Gasteiger partial charge in [0.25, 0.3) is 11.8 Å². The number of amides is 2. The number of pyridine rings is 1. The van der Waals surface area contributed by atoms with E-state index in [1.54, 1.807) is 6.07 Å². The average molecular weight is 502 g/mol. The van der Waals surface area contributed by atoms with Crippen molar-refractivity contribution >= 4 is 39.1 Å². The van der Waals surface area contributed by atoms with E-state index in [1.807, 2.05) is 43.3 Å². The number of benzene rings is 1. The highest BCUT2D eigenvalue weighted by atomic mass is 32.1. The number of aromatic nitrogens is 1. The molecule has 0 fully saturated rings. The monoisotopic (exact) mass is 501 g/mol. The van der Waals surface area contributed by atoms with Crippen LogP contribution in [0.2, 0.25) is 0 Å². The molecule has 6 nitrogen and oxygen atoms in total. The number of nitrogens with one attached hydrogen (secondary N) is 1. The molecule has 1 atom stereocenters. The van der Waals surface area contributed by atoms with Crippen LogP contribution in [-0.2, 0) is 12.8 Å². The fraction of sp³-hybridized carbons (Fsp3) is 0.345. The van der Waals surface area contributed by atoms with Crippen LogP contribution in [0.15, 0.2) is 46.9 Å². The minimum Gasteiger partial charge on any atom is -0.460 e. The summed E-state index contributed by atoms with van der Waals surface area (Å²) in [7, 11) is 0. The molecule has 4 aromatic rings. The van der Waals surface area contributed by atoms with Crippen LogP contribution in [0.3, 0.4) is 0 Å². The van der Waals surface area contributed by atoms with Crippen molar-refractivity contribution in [3.8, 4) is 11.5 Å². The molecule has 0 bridgehead atoms. The van der Waals surface area contributed by atoms with Crippen LogP contribution in [0.4, 0.5) is 5.00 Å². The van der Waals surface area contributed by atoms with Gasteiger partial charge in [-0.2, -0.15) is 0 Å². The van der Waals surface area contributed by atoms with E-state index in [-0.39, 0.29) is 11.3 Å². The third-order valence-electron chi connectivity index (χ3n) is 7.71. The third-order valence-corrected chi connectivity index (χ3v) is 8.88. The largest absolute Gasteiger partial charge is 0.460 e. The Bertz CT molecular complexity index is 1480. The first kappa shape index (κ1) is 24.3. The summed E-state index contributed by atoms with van der Waals surface area (Å²) in [6.45, 7) is 8.71. The van der Waals surface area contributed by atoms with Crippen LogP contribution in [-0.4, -0.2) is 16.8 Å². The summed E-state index contributed by atoms with van der Waals surface area (Å²) in [5.41, 5.74) is 9.24. The van der Waals surface area contributed by atoms with E-state index in [0.717, 1.165) is 47.3 Å². The lowest BCUT2D eigenvalue weighted by atomic mass is 9.69. The lowest BCUT2D eigenvalue weighted by Gasteiger charge is -2.36. The third kappa shape index (κ3) is 4.32. The number of thiophene rings is 1. The summed E-state index contributed by atoms with van der Waals surface area (Å²) in [6, 6.07) is 13.0. The van der Waals surface area contributed by atoms with Gasteiger partial charge < -0.3 is 15.5 Å². The normalized spacial score (nSPS) is 15.6. The number of carbonyl (C=O) groups is 2. The summed E-state index contributed by atoms with van der Waals surface area (Å²) >= 11 is 1.49. The topological polar surface area (TPSA) is 98.2 Å². The second-order valence-corrected chi connectivity index (χ2v) is 11.4. The zero-order valence-corrected chi connectivity index (χ0v) is 21.9. The number of aryl methyl sites for hydroxylation is 1. The first-order valence-corrected chi connectivity index (χ1v) is 13.2. The van der Waals surface area contributed by atoms with Gasteiger partial charge >= 0.3 is 0 Å². The molecule has 7 heteroatoms. The molecule has 0 radical (unpaired) electrons. The number of hydrogen-bond acceptors (Lipinski definition) is 5. The van der Waals surface area contributed by atoms with E-state index >= 15 is 0 Å². The van der Waals surface area contributed by atoms with E-state index in [1.165, 1.54) is 11.3 Å². The van der Waals surface area contributed by atoms with E-state index in [2.05, 4.69) is 26.1 Å². The van der Waals surface area contributed by atoms with Gasteiger partial charge in [0.15, 0.2) is 5.76 Å². The fourth-order valence-corrected chi connectivity index (χ4v) is 6.45. The van der Waals surface area contributed by atoms with Crippen molar-refractivity contribution in [2.45, 2.75) is 53.4 Å². The molecule has 0 saturated heterocycles. The first-order valence-electron chi connectivity index (χ1n) is 12.4. The Hall–Kier alpha value is -3.45. The Balaban J connectivity index is 1.53. The molecule has 1 aromatic carbocycles. The van der Waals surface area contributed by atoms with Crippen molar-refractivity contribution in [2.75, 3.05) is 5.32 Å². The number of primary amides is 1. The zero-order chi connectivity index (χ0) is 25.6. The van der Waals surface area contributed by atoms with Gasteiger partial charge in [0.1, 0.15) is 16.5 Å². The number of furan rings is 1. The first-order chi connectivity index (χ1) is 17.2. The molecule has 0 saturated carbocycles. The maximum absolute atomic E-state index is 13.7. The van der Waals surface area contributed by atoms with Gasteiger partial charge in [0, 0.05) is 10.3 Å². The number of nitrogens with two attached hydrogens (primary N) is 1. The van der Waals surface area contributed by atoms with Gasteiger partial charge in [0.2, 0.25) is 0 Å². The highest BCUT2D eigenvalue weighted by molar-refractivity contribution is 7.17. The maximum Gasteiger partial charge on any atom is 0.257 e. The quantitative estimate of drug-likeness (QED) is 0.305. The van der Waals surface area contributed by atoms with Crippen LogP contribution in [0, 0.1) is 18.3 Å². The molecule has 1 aliphatic rings. The zero-order valence-electron chi connectivity index (χ0n) is 21.1. The molecular weight excluding hydrogens is 470 g/mol. The Morgan fingerprint density at radius 2 is 2.00 bits per heavy atom. The maximum atomic E-state index is 13.7. The molecule has 186 valence electrons. The Morgan fingerprint density at radius 3 is 2.69 bits per heavy atom. The SMILES string of the molecule is CCC(C)(C)C1CCc2c(sc(NC(=O)c3cc(-c4ccc(C)o4)nc4ccccc34)c2C(N)=O)C1. The van der Waals surface area contributed by atoms with Gasteiger partial charge in [0.05, 0.1) is 16.6 Å². The van der Waals surface area contributed by atoms with Crippen molar-refractivity contribution in [1.29, 1.82) is 0 Å². The van der Waals surface area contributed by atoms with Gasteiger partial charge in [-0.1, -0.05) is 45.4 Å². The summed E-state index contributed by atoms with van der Waals surface area (Å²) in [5.74, 6) is 1.10. The molecule has 1 aliphatic carbocycles. The van der Waals surface area contributed by atoms with Crippen molar-refractivity contribution in [3.63, 3.8) is 0 Å². The van der Waals surface area contributed by atoms with E-state index in [0.29, 0.717) is 39.0 Å². The number of fused-ring (bicyclic) bond motifs is 2. The molecular formula is C29H31N3O3S. The minimum absolute atomic E-state index is 0.217. The standard InChI is InChI=1S/C29H31N3O3S/c1-5-29(3,4)17-11-12-19-24(14-17)36-28(25(19)26(30)33)32-27(34)20-15-22(23-13-10-16(2)35-23)31-21-9-7-6-8-18(20)21/h6-10,13,15,17H,5,11-12,14H2,1-4H3,(H2,30,33)(H,32,34). The van der Waals surface area contributed by atoms with Crippen molar-refractivity contribution in [1.82, 2.24) is 4.98 Å². The molecule has 0 aliphatic heterocycles. The van der Waals surface area contributed by atoms with Crippen molar-refractivity contribution in [2.24, 2.45) is 17.1 Å². The van der Waals surface area contributed by atoms with E-state index in [9.17, 15) is 9.59 Å². The summed E-state index contributed by atoms with van der Waals surface area (Å²) in [6.07, 6.45) is 3.81. The van der Waals surface area contributed by atoms with E-state index in [4.69, 9.17) is 15.1 Å². The van der Waals surface area contributed by atoms with Gasteiger partial charge in [-0.25, -0.2) is 4.98 Å². The fourth-order valence-electron chi connectivity index (χ4n) is 5.12. The predicted octanol–water partition coefficient (Wildman–Crippen LogP) is 6.76. The number of hydrogen-bond donors (Lipinski definition) is 2. The molecule has 1 unspecified atom stereocenters. The van der Waals surface area contributed by atoms with Crippen LogP contribution < -0.4 is 11.1 Å². The van der Waals surface area contributed by atoms with Crippen LogP contribution in [0.5, 0.6) is 0 Å². The summed E-state index contributed by atoms with van der Waals surface area (Å²) < 4.78 is 5.77. The Labute approximate surface area is 214 Å². The number of anilines is 1. The van der Waals surface area contributed by atoms with Gasteiger partial charge in [-0.3, -0.25) is 9.59 Å². The van der Waals surface area contributed by atoms with E-state index < -0.39 is 5.91 Å². The molecule has 0 spiro atoms. The highest BCUT2D eigenvalue weighted by Gasteiger charge is 2.35. The van der Waals surface area contributed by atoms with Gasteiger partial charge in [-0.15, -0.1) is 11.3 Å². The molecule has 3 N–H and O–H groups in total. The second-order valence-electron chi connectivity index (χ2n) is 10.3. The predicted molar refractivity (Wildman–Crippen MR) is 145 cm³/mol. The van der Waals surface area contributed by atoms with Crippen LogP contribution in [0.1, 0.15) is 70.5 Å². The average Bonchev–Trinajstić information content (AvgIpc) is 3.45.